The van der Waals surface area contributed by atoms with Gasteiger partial charge in [-0.1, -0.05) is 11.6 Å². The summed E-state index contributed by atoms with van der Waals surface area (Å²) in [6.45, 7) is 2.47. The van der Waals surface area contributed by atoms with Crippen LogP contribution >= 0.6 is 36.4 Å². The molecule has 1 aromatic carbocycles. The predicted octanol–water partition coefficient (Wildman–Crippen LogP) is 2.59. The van der Waals surface area contributed by atoms with Crippen molar-refractivity contribution in [3.8, 4) is 5.75 Å². The van der Waals surface area contributed by atoms with E-state index in [1.165, 1.54) is 0 Å². The lowest BCUT2D eigenvalue weighted by Crippen LogP contribution is -2.22. The molecule has 0 fully saturated rings. The fraction of sp³-hybridized carbons (Fsp3) is 0.300. The van der Waals surface area contributed by atoms with Crippen molar-refractivity contribution in [3.05, 3.63) is 23.4 Å². The Morgan fingerprint density at radius 1 is 1.47 bits per heavy atom. The summed E-state index contributed by atoms with van der Waals surface area (Å²) in [5.41, 5.74) is 6.43. The second kappa shape index (κ2) is 6.31. The number of hydrogen-bond donors (Lipinski definition) is 2. The molecule has 0 unspecified atom stereocenters. The molecule has 0 radical (unpaired) electrons. The average Bonchev–Trinajstić information content (AvgIpc) is 2.55. The summed E-state index contributed by atoms with van der Waals surface area (Å²) >= 11 is 6.00. The van der Waals surface area contributed by atoms with Gasteiger partial charge in [0.15, 0.2) is 0 Å². The van der Waals surface area contributed by atoms with Crippen LogP contribution in [0.4, 0.5) is 0 Å². The molecule has 3 N–H and O–H groups in total. The second-order valence-electron chi connectivity index (χ2n) is 3.64. The maximum absolute atomic E-state index is 9.49. The first kappa shape index (κ1) is 16.3. The fourth-order valence-electron chi connectivity index (χ4n) is 1.54. The normalized spacial score (nSPS) is 11.7. The molecule has 17 heavy (non-hydrogen) atoms. The van der Waals surface area contributed by atoms with E-state index in [-0.39, 0.29) is 36.6 Å². The number of nitrogens with two attached hydrogens (primary N) is 1. The van der Waals surface area contributed by atoms with Crippen LogP contribution in [0.2, 0.25) is 5.02 Å². The molecular formula is C10H14Cl3N3O. The van der Waals surface area contributed by atoms with Crippen LogP contribution in [0.15, 0.2) is 18.3 Å². The number of fused-ring (bicyclic) bond motifs is 1. The highest BCUT2D eigenvalue weighted by atomic mass is 35.5. The topological polar surface area (TPSA) is 64.1 Å². The largest absolute Gasteiger partial charge is 0.506 e. The molecule has 2 rings (SSSR count). The van der Waals surface area contributed by atoms with Crippen LogP contribution in [0, 0.1) is 0 Å². The summed E-state index contributed by atoms with van der Waals surface area (Å²) in [5.74, 6) is 0.0654. The maximum atomic E-state index is 9.49. The van der Waals surface area contributed by atoms with Gasteiger partial charge in [-0.05, 0) is 19.1 Å². The molecular weight excluding hydrogens is 284 g/mol. The van der Waals surface area contributed by atoms with Crippen molar-refractivity contribution in [1.82, 2.24) is 9.78 Å². The van der Waals surface area contributed by atoms with Gasteiger partial charge < -0.3 is 10.8 Å². The highest BCUT2D eigenvalue weighted by molar-refractivity contribution is 6.36. The second-order valence-corrected chi connectivity index (χ2v) is 4.02. The predicted molar refractivity (Wildman–Crippen MR) is 74.6 cm³/mol. The average molecular weight is 299 g/mol. The van der Waals surface area contributed by atoms with Crippen LogP contribution in [-0.2, 0) is 6.54 Å². The maximum Gasteiger partial charge on any atom is 0.136 e. The van der Waals surface area contributed by atoms with Gasteiger partial charge in [-0.3, -0.25) is 4.68 Å². The minimum Gasteiger partial charge on any atom is -0.506 e. The molecule has 1 heterocycles. The third-order valence-corrected chi connectivity index (χ3v) is 2.55. The van der Waals surface area contributed by atoms with Gasteiger partial charge >= 0.3 is 0 Å². The first-order chi connectivity index (χ1) is 7.09. The first-order valence-electron chi connectivity index (χ1n) is 4.68. The van der Waals surface area contributed by atoms with Gasteiger partial charge in [0.05, 0.1) is 18.3 Å². The van der Waals surface area contributed by atoms with Crippen molar-refractivity contribution in [1.29, 1.82) is 0 Å². The van der Waals surface area contributed by atoms with E-state index in [0.717, 1.165) is 10.9 Å². The minimum absolute atomic E-state index is 0. The van der Waals surface area contributed by atoms with Gasteiger partial charge in [-0.25, -0.2) is 0 Å². The van der Waals surface area contributed by atoms with E-state index in [9.17, 15) is 5.11 Å². The van der Waals surface area contributed by atoms with E-state index in [1.807, 2.05) is 6.92 Å². The third-order valence-electron chi connectivity index (χ3n) is 2.18. The highest BCUT2D eigenvalue weighted by Crippen LogP contribution is 2.31. The number of halogens is 3. The minimum atomic E-state index is -0.00786. The number of nitrogens with zero attached hydrogens (tertiary/aromatic N) is 2. The van der Waals surface area contributed by atoms with Crippen LogP contribution in [0.1, 0.15) is 6.92 Å². The zero-order chi connectivity index (χ0) is 11.0. The molecule has 0 amide bonds. The van der Waals surface area contributed by atoms with E-state index in [1.54, 1.807) is 23.0 Å². The molecule has 2 aromatic rings. The molecule has 0 spiro atoms. The Balaban J connectivity index is 0.00000128. The van der Waals surface area contributed by atoms with E-state index < -0.39 is 0 Å². The monoisotopic (exact) mass is 297 g/mol. The van der Waals surface area contributed by atoms with Crippen molar-refractivity contribution >= 4 is 47.3 Å². The van der Waals surface area contributed by atoms with E-state index in [0.29, 0.717) is 11.6 Å². The lowest BCUT2D eigenvalue weighted by atomic mass is 10.2. The molecule has 0 saturated carbocycles. The van der Waals surface area contributed by atoms with Crippen LogP contribution in [-0.4, -0.2) is 20.9 Å². The highest BCUT2D eigenvalue weighted by Gasteiger charge is 2.11. The van der Waals surface area contributed by atoms with Crippen LogP contribution in [0.3, 0.4) is 0 Å². The molecule has 0 aliphatic heterocycles. The lowest BCUT2D eigenvalue weighted by molar-refractivity contribution is 0.475. The van der Waals surface area contributed by atoms with Crippen molar-refractivity contribution in [3.63, 3.8) is 0 Å². The zero-order valence-electron chi connectivity index (χ0n) is 9.13. The number of rotatable bonds is 2. The van der Waals surface area contributed by atoms with Crippen LogP contribution in [0.25, 0.3) is 10.9 Å². The van der Waals surface area contributed by atoms with Crippen molar-refractivity contribution in [2.45, 2.75) is 19.5 Å². The summed E-state index contributed by atoms with van der Waals surface area (Å²) in [5, 5.41) is 14.9. The number of aromatic nitrogens is 2. The van der Waals surface area contributed by atoms with Crippen LogP contribution in [0.5, 0.6) is 5.75 Å². The van der Waals surface area contributed by atoms with Crippen molar-refractivity contribution < 1.29 is 5.11 Å². The van der Waals surface area contributed by atoms with E-state index in [2.05, 4.69) is 5.10 Å². The molecule has 0 aliphatic rings. The van der Waals surface area contributed by atoms with Crippen LogP contribution < -0.4 is 5.73 Å². The Hall–Kier alpha value is -0.680. The zero-order valence-corrected chi connectivity index (χ0v) is 11.5. The Bertz CT molecular complexity index is 499. The summed E-state index contributed by atoms with van der Waals surface area (Å²) in [6.07, 6.45) is 1.71. The first-order valence-corrected chi connectivity index (χ1v) is 5.06. The molecule has 4 nitrogen and oxygen atoms in total. The van der Waals surface area contributed by atoms with Gasteiger partial charge in [0.25, 0.3) is 0 Å². The molecule has 1 atom stereocenters. The quantitative estimate of drug-likeness (QED) is 0.895. The Morgan fingerprint density at radius 3 is 2.71 bits per heavy atom. The molecule has 7 heteroatoms. The summed E-state index contributed by atoms with van der Waals surface area (Å²) in [7, 11) is 0. The number of phenolic OH excluding ortho intramolecular Hbond substituents is 1. The van der Waals surface area contributed by atoms with Gasteiger partial charge in [0.1, 0.15) is 10.8 Å². The fourth-order valence-corrected chi connectivity index (χ4v) is 1.81. The lowest BCUT2D eigenvalue weighted by Gasteiger charge is -2.08. The SMILES string of the molecule is C[C@H](N)Cn1ncc2ccc(O)c(Cl)c21.Cl.Cl. The molecule has 0 aliphatic carbocycles. The molecule has 96 valence electrons. The Morgan fingerprint density at radius 2 is 2.12 bits per heavy atom. The summed E-state index contributed by atoms with van der Waals surface area (Å²) < 4.78 is 1.71. The molecule has 1 aromatic heterocycles. The van der Waals surface area contributed by atoms with E-state index in [4.69, 9.17) is 17.3 Å². The summed E-state index contributed by atoms with van der Waals surface area (Å²) in [4.78, 5) is 0. The number of benzene rings is 1. The van der Waals surface area contributed by atoms with Gasteiger partial charge in [0.2, 0.25) is 0 Å². The standard InChI is InChI=1S/C10H12ClN3O.2ClH/c1-6(12)5-14-10-7(4-13-14)2-3-8(15)9(10)11;;/h2-4,6,15H,5,12H2,1H3;2*1H/t6-;;/m0../s1. The number of aromatic hydroxyl groups is 1. The molecule has 0 bridgehead atoms. The Labute approximate surface area is 117 Å². The van der Waals surface area contributed by atoms with Gasteiger partial charge in [-0.2, -0.15) is 5.10 Å². The van der Waals surface area contributed by atoms with Gasteiger partial charge in [-0.15, -0.1) is 24.8 Å². The molecule has 0 saturated heterocycles. The number of phenols is 1. The third kappa shape index (κ3) is 3.16. The van der Waals surface area contributed by atoms with Crippen molar-refractivity contribution in [2.24, 2.45) is 5.73 Å². The smallest absolute Gasteiger partial charge is 0.136 e. The summed E-state index contributed by atoms with van der Waals surface area (Å²) in [6, 6.07) is 3.33. The van der Waals surface area contributed by atoms with Crippen molar-refractivity contribution in [2.75, 3.05) is 0 Å². The van der Waals surface area contributed by atoms with Gasteiger partial charge in [0, 0.05) is 11.4 Å². The Kier molecular flexibility index (Phi) is 6.05. The number of hydrogen-bond acceptors (Lipinski definition) is 3. The van der Waals surface area contributed by atoms with E-state index >= 15 is 0 Å².